The quantitative estimate of drug-likeness (QED) is 0.835. The molecule has 0 spiro atoms. The van der Waals surface area contributed by atoms with Gasteiger partial charge in [-0.1, -0.05) is 12.1 Å². The smallest absolute Gasteiger partial charge is 0.410 e. The maximum Gasteiger partial charge on any atom is 0.410 e. The van der Waals surface area contributed by atoms with Gasteiger partial charge >= 0.3 is 6.09 Å². The molecule has 156 valence electrons. The van der Waals surface area contributed by atoms with Crippen molar-refractivity contribution in [2.75, 3.05) is 33.7 Å². The summed E-state index contributed by atoms with van der Waals surface area (Å²) in [6, 6.07) is 6.33. The third kappa shape index (κ3) is 6.48. The summed E-state index contributed by atoms with van der Waals surface area (Å²) in [5, 5.41) is 3.00. The van der Waals surface area contributed by atoms with Crippen molar-refractivity contribution >= 4 is 12.0 Å². The van der Waals surface area contributed by atoms with Gasteiger partial charge < -0.3 is 19.9 Å². The lowest BCUT2D eigenvalue weighted by Crippen LogP contribution is -2.45. The minimum Gasteiger partial charge on any atom is -0.444 e. The summed E-state index contributed by atoms with van der Waals surface area (Å²) in [6.45, 7) is 6.93. The summed E-state index contributed by atoms with van der Waals surface area (Å²) in [6.07, 6.45) is 0.889. The highest BCUT2D eigenvalue weighted by Gasteiger charge is 2.30. The van der Waals surface area contributed by atoms with Crippen molar-refractivity contribution in [2.45, 2.75) is 45.3 Å². The minimum absolute atomic E-state index is 0.0212. The van der Waals surface area contributed by atoms with Crippen LogP contribution in [0.1, 0.15) is 45.2 Å². The number of ether oxygens (including phenoxy) is 1. The summed E-state index contributed by atoms with van der Waals surface area (Å²) >= 11 is 0. The third-order valence-corrected chi connectivity index (χ3v) is 4.84. The van der Waals surface area contributed by atoms with Gasteiger partial charge in [0, 0.05) is 25.6 Å². The van der Waals surface area contributed by atoms with Gasteiger partial charge in [0.05, 0.1) is 6.04 Å². The van der Waals surface area contributed by atoms with Crippen molar-refractivity contribution in [2.24, 2.45) is 5.92 Å². The summed E-state index contributed by atoms with van der Waals surface area (Å²) in [5.41, 5.74) is 0.300. The Labute approximate surface area is 167 Å². The number of likely N-dealkylation sites (N-methyl/N-ethyl adjacent to an activating group) is 1. The van der Waals surface area contributed by atoms with Crippen LogP contribution in [0.5, 0.6) is 0 Å². The van der Waals surface area contributed by atoms with Gasteiger partial charge in [-0.25, -0.2) is 9.18 Å². The Morgan fingerprint density at radius 3 is 2.46 bits per heavy atom. The zero-order valence-electron chi connectivity index (χ0n) is 17.5. The zero-order valence-corrected chi connectivity index (χ0v) is 17.5. The normalized spacial score (nSPS) is 16.8. The Balaban J connectivity index is 1.86. The summed E-state index contributed by atoms with van der Waals surface area (Å²) in [4.78, 5) is 28.3. The first-order valence-electron chi connectivity index (χ1n) is 9.74. The van der Waals surface area contributed by atoms with Crippen LogP contribution in [0.15, 0.2) is 24.3 Å². The van der Waals surface area contributed by atoms with Gasteiger partial charge in [0.2, 0.25) is 5.91 Å². The van der Waals surface area contributed by atoms with E-state index in [4.69, 9.17) is 4.74 Å². The van der Waals surface area contributed by atoms with E-state index in [0.717, 1.165) is 5.56 Å². The van der Waals surface area contributed by atoms with Crippen molar-refractivity contribution in [1.82, 2.24) is 15.1 Å². The summed E-state index contributed by atoms with van der Waals surface area (Å²) in [7, 11) is 3.81. The molecule has 1 aliphatic rings. The minimum atomic E-state index is -0.524. The van der Waals surface area contributed by atoms with Crippen LogP contribution in [0.2, 0.25) is 0 Å². The monoisotopic (exact) mass is 393 g/mol. The first-order valence-corrected chi connectivity index (χ1v) is 9.74. The molecule has 1 aliphatic heterocycles. The Morgan fingerprint density at radius 2 is 1.93 bits per heavy atom. The number of hydrogen-bond acceptors (Lipinski definition) is 4. The Morgan fingerprint density at radius 1 is 1.29 bits per heavy atom. The first-order chi connectivity index (χ1) is 13.1. The van der Waals surface area contributed by atoms with E-state index in [1.54, 1.807) is 11.0 Å². The molecule has 7 heteroatoms. The standard InChI is InChI=1S/C21H32FN3O3/c1-21(2,3)28-20(27)25-11-9-15(10-12-25)19(26)23-14-18(24(4)5)16-7-6-8-17(22)13-16/h6-8,13,15,18H,9-12,14H2,1-5H3,(H,23,26)/t18-/m0/s1. The lowest BCUT2D eigenvalue weighted by molar-refractivity contribution is -0.126. The van der Waals surface area contributed by atoms with Gasteiger partial charge in [-0.3, -0.25) is 4.79 Å². The number of hydrogen-bond donors (Lipinski definition) is 1. The molecule has 6 nitrogen and oxygen atoms in total. The van der Waals surface area contributed by atoms with E-state index in [9.17, 15) is 14.0 Å². The van der Waals surface area contributed by atoms with Crippen LogP contribution in [0.3, 0.4) is 0 Å². The van der Waals surface area contributed by atoms with Gasteiger partial charge in [-0.2, -0.15) is 0 Å². The second-order valence-corrected chi connectivity index (χ2v) is 8.52. The molecule has 0 radical (unpaired) electrons. The van der Waals surface area contributed by atoms with Gasteiger partial charge in [0.1, 0.15) is 11.4 Å². The molecule has 0 bridgehead atoms. The van der Waals surface area contributed by atoms with Crippen molar-refractivity contribution < 1.29 is 18.7 Å². The molecule has 1 aromatic carbocycles. The number of carbonyl (C=O) groups is 2. The number of nitrogens with zero attached hydrogens (tertiary/aromatic N) is 2. The molecule has 0 saturated carbocycles. The van der Waals surface area contributed by atoms with Crippen molar-refractivity contribution in [1.29, 1.82) is 0 Å². The Kier molecular flexibility index (Phi) is 7.41. The number of amides is 2. The molecule has 0 aliphatic carbocycles. The van der Waals surface area contributed by atoms with Gasteiger partial charge in [0.15, 0.2) is 0 Å². The van der Waals surface area contributed by atoms with E-state index < -0.39 is 5.60 Å². The lowest BCUT2D eigenvalue weighted by Gasteiger charge is -2.33. The van der Waals surface area contributed by atoms with Crippen LogP contribution in [0.4, 0.5) is 9.18 Å². The van der Waals surface area contributed by atoms with Crippen molar-refractivity contribution in [3.05, 3.63) is 35.6 Å². The van der Waals surface area contributed by atoms with Crippen molar-refractivity contribution in [3.63, 3.8) is 0 Å². The van der Waals surface area contributed by atoms with E-state index in [1.807, 2.05) is 45.8 Å². The Hall–Kier alpha value is -2.15. The highest BCUT2D eigenvalue weighted by atomic mass is 19.1. The van der Waals surface area contributed by atoms with Gasteiger partial charge in [0.25, 0.3) is 0 Å². The average molecular weight is 394 g/mol. The number of benzene rings is 1. The fourth-order valence-corrected chi connectivity index (χ4v) is 3.30. The fraction of sp³-hybridized carbons (Fsp3) is 0.619. The molecule has 0 aromatic heterocycles. The zero-order chi connectivity index (χ0) is 20.9. The molecule has 2 rings (SSSR count). The molecule has 1 fully saturated rings. The number of piperidine rings is 1. The van der Waals surface area contributed by atoms with Crippen molar-refractivity contribution in [3.8, 4) is 0 Å². The van der Waals surface area contributed by atoms with Gasteiger partial charge in [-0.05, 0) is 65.4 Å². The van der Waals surface area contributed by atoms with Gasteiger partial charge in [-0.15, -0.1) is 0 Å². The summed E-state index contributed by atoms with van der Waals surface area (Å²) < 4.78 is 18.9. The molecule has 1 N–H and O–H groups in total. The van der Waals surface area contributed by atoms with E-state index in [1.165, 1.54) is 12.1 Å². The predicted octanol–water partition coefficient (Wildman–Crippen LogP) is 3.19. The number of rotatable bonds is 5. The van der Waals surface area contributed by atoms with E-state index in [0.29, 0.717) is 32.5 Å². The highest BCUT2D eigenvalue weighted by Crippen LogP contribution is 2.21. The van der Waals surface area contributed by atoms with E-state index >= 15 is 0 Å². The average Bonchev–Trinajstić information content (AvgIpc) is 2.60. The molecule has 0 unspecified atom stereocenters. The maximum atomic E-state index is 13.5. The van der Waals surface area contributed by atoms with Crippen LogP contribution >= 0.6 is 0 Å². The second kappa shape index (κ2) is 9.37. The first kappa shape index (κ1) is 22.1. The van der Waals surface area contributed by atoms with E-state index in [2.05, 4.69) is 5.32 Å². The predicted molar refractivity (Wildman–Crippen MR) is 106 cm³/mol. The second-order valence-electron chi connectivity index (χ2n) is 8.52. The molecule has 1 atom stereocenters. The number of halogens is 1. The molecule has 28 heavy (non-hydrogen) atoms. The number of nitrogens with one attached hydrogen (secondary N) is 1. The van der Waals surface area contributed by atoms with Crippen LogP contribution in [-0.4, -0.2) is 61.1 Å². The molecular weight excluding hydrogens is 361 g/mol. The van der Waals surface area contributed by atoms with Crippen LogP contribution in [0, 0.1) is 11.7 Å². The van der Waals surface area contributed by atoms with E-state index in [-0.39, 0.29) is 29.8 Å². The maximum absolute atomic E-state index is 13.5. The van der Waals surface area contributed by atoms with Crippen LogP contribution in [-0.2, 0) is 9.53 Å². The van der Waals surface area contributed by atoms with Crippen LogP contribution in [0.25, 0.3) is 0 Å². The molecule has 1 aromatic rings. The van der Waals surface area contributed by atoms with Crippen LogP contribution < -0.4 is 5.32 Å². The molecule has 2 amide bonds. The molecule has 1 heterocycles. The third-order valence-electron chi connectivity index (χ3n) is 4.84. The Bertz CT molecular complexity index is 680. The molecular formula is C21H32FN3O3. The fourth-order valence-electron chi connectivity index (χ4n) is 3.30. The SMILES string of the molecule is CN(C)[C@@H](CNC(=O)C1CCN(C(=O)OC(C)(C)C)CC1)c1cccc(F)c1. The summed E-state index contributed by atoms with van der Waals surface area (Å²) in [5.74, 6) is -0.439. The molecule has 1 saturated heterocycles. The number of likely N-dealkylation sites (tertiary alicyclic amines) is 1. The lowest BCUT2D eigenvalue weighted by atomic mass is 9.96. The largest absolute Gasteiger partial charge is 0.444 e. The number of carbonyl (C=O) groups excluding carboxylic acids is 2. The topological polar surface area (TPSA) is 61.9 Å². The highest BCUT2D eigenvalue weighted by molar-refractivity contribution is 5.79.